The number of benzene rings is 2. The molecule has 0 unspecified atom stereocenters. The third kappa shape index (κ3) is 2.39. The summed E-state index contributed by atoms with van der Waals surface area (Å²) < 4.78 is 3.85. The average molecular weight is 255 g/mol. The highest BCUT2D eigenvalue weighted by Crippen LogP contribution is 2.18. The number of rotatable bonds is 4. The molecule has 0 saturated heterocycles. The van der Waals surface area contributed by atoms with Crippen LogP contribution in [-0.2, 0) is 13.1 Å². The molecule has 3 aromatic rings. The van der Waals surface area contributed by atoms with Gasteiger partial charge in [-0.3, -0.25) is 0 Å². The minimum atomic E-state index is 0.764. The van der Waals surface area contributed by atoms with E-state index in [1.165, 1.54) is 27.9 Å². The van der Waals surface area contributed by atoms with Gasteiger partial charge < -0.3 is 5.32 Å². The standard InChI is InChI=1S/C14H13N3S/c1-2-7-14-11(4-1)5-3-6-12(14)8-15-9-13-10-18-17-16-13/h1-7,10,15H,8-9H2. The van der Waals surface area contributed by atoms with Crippen LogP contribution >= 0.6 is 11.5 Å². The third-order valence-corrected chi connectivity index (χ3v) is 3.46. The van der Waals surface area contributed by atoms with Crippen molar-refractivity contribution in [3.05, 3.63) is 59.1 Å². The maximum absolute atomic E-state index is 4.02. The highest BCUT2D eigenvalue weighted by Gasteiger charge is 2.00. The Morgan fingerprint density at radius 2 is 1.89 bits per heavy atom. The Labute approximate surface area is 110 Å². The summed E-state index contributed by atoms with van der Waals surface area (Å²) in [6.45, 7) is 1.61. The summed E-state index contributed by atoms with van der Waals surface area (Å²) in [7, 11) is 0. The van der Waals surface area contributed by atoms with Crippen molar-refractivity contribution in [1.82, 2.24) is 14.9 Å². The largest absolute Gasteiger partial charge is 0.307 e. The molecule has 0 atom stereocenters. The zero-order valence-electron chi connectivity index (χ0n) is 9.84. The third-order valence-electron chi connectivity index (χ3n) is 2.91. The minimum Gasteiger partial charge on any atom is -0.307 e. The van der Waals surface area contributed by atoms with E-state index in [-0.39, 0.29) is 0 Å². The monoisotopic (exact) mass is 255 g/mol. The smallest absolute Gasteiger partial charge is 0.0893 e. The first-order valence-corrected chi connectivity index (χ1v) is 6.70. The molecule has 1 aromatic heterocycles. The molecule has 1 N–H and O–H groups in total. The van der Waals surface area contributed by atoms with Crippen LogP contribution in [0.1, 0.15) is 11.3 Å². The fraction of sp³-hybridized carbons (Fsp3) is 0.143. The summed E-state index contributed by atoms with van der Waals surface area (Å²) in [6.07, 6.45) is 0. The molecular weight excluding hydrogens is 242 g/mol. The van der Waals surface area contributed by atoms with Gasteiger partial charge in [0.1, 0.15) is 0 Å². The maximum atomic E-state index is 4.02. The lowest BCUT2D eigenvalue weighted by molar-refractivity contribution is 0.680. The topological polar surface area (TPSA) is 37.8 Å². The van der Waals surface area contributed by atoms with Crippen LogP contribution in [0.25, 0.3) is 10.8 Å². The average Bonchev–Trinajstić information content (AvgIpc) is 2.92. The van der Waals surface area contributed by atoms with Crippen molar-refractivity contribution < 1.29 is 0 Å². The van der Waals surface area contributed by atoms with Crippen LogP contribution in [0.5, 0.6) is 0 Å². The molecule has 2 aromatic carbocycles. The van der Waals surface area contributed by atoms with Gasteiger partial charge in [0, 0.05) is 18.5 Å². The first kappa shape index (κ1) is 11.3. The predicted octanol–water partition coefficient (Wildman–Crippen LogP) is 2.98. The molecule has 0 aliphatic rings. The van der Waals surface area contributed by atoms with Crippen LogP contribution < -0.4 is 5.32 Å². The molecular formula is C14H13N3S. The lowest BCUT2D eigenvalue weighted by Gasteiger charge is -2.07. The van der Waals surface area contributed by atoms with Gasteiger partial charge in [-0.25, -0.2) is 0 Å². The molecule has 18 heavy (non-hydrogen) atoms. The fourth-order valence-corrected chi connectivity index (χ4v) is 2.48. The summed E-state index contributed by atoms with van der Waals surface area (Å²) >= 11 is 1.39. The van der Waals surface area contributed by atoms with E-state index in [0.717, 1.165) is 18.8 Å². The van der Waals surface area contributed by atoms with Gasteiger partial charge in [0.15, 0.2) is 0 Å². The van der Waals surface area contributed by atoms with E-state index in [0.29, 0.717) is 0 Å². The van der Waals surface area contributed by atoms with Gasteiger partial charge in [0.25, 0.3) is 0 Å². The summed E-state index contributed by atoms with van der Waals surface area (Å²) in [5.41, 5.74) is 2.32. The first-order valence-electron chi connectivity index (χ1n) is 5.87. The molecule has 3 nitrogen and oxygen atoms in total. The second-order valence-corrected chi connectivity index (χ2v) is 4.75. The van der Waals surface area contributed by atoms with Crippen LogP contribution in [0.3, 0.4) is 0 Å². The van der Waals surface area contributed by atoms with E-state index in [4.69, 9.17) is 0 Å². The lowest BCUT2D eigenvalue weighted by Crippen LogP contribution is -2.13. The Kier molecular flexibility index (Phi) is 3.30. The van der Waals surface area contributed by atoms with E-state index in [9.17, 15) is 0 Å². The number of aromatic nitrogens is 2. The van der Waals surface area contributed by atoms with Crippen molar-refractivity contribution in [2.24, 2.45) is 0 Å². The maximum Gasteiger partial charge on any atom is 0.0893 e. The van der Waals surface area contributed by atoms with E-state index in [1.54, 1.807) is 0 Å². The van der Waals surface area contributed by atoms with Crippen molar-refractivity contribution >= 4 is 22.3 Å². The van der Waals surface area contributed by atoms with E-state index >= 15 is 0 Å². The second kappa shape index (κ2) is 5.25. The van der Waals surface area contributed by atoms with Crippen LogP contribution in [-0.4, -0.2) is 9.59 Å². The Bertz CT molecular complexity index is 629. The summed E-state index contributed by atoms with van der Waals surface area (Å²) in [6, 6.07) is 14.9. The van der Waals surface area contributed by atoms with E-state index in [1.807, 2.05) is 5.38 Å². The van der Waals surface area contributed by atoms with Gasteiger partial charge in [0.2, 0.25) is 0 Å². The van der Waals surface area contributed by atoms with Crippen molar-refractivity contribution in [3.63, 3.8) is 0 Å². The zero-order chi connectivity index (χ0) is 12.2. The van der Waals surface area contributed by atoms with E-state index in [2.05, 4.69) is 57.4 Å². The quantitative estimate of drug-likeness (QED) is 0.779. The Morgan fingerprint density at radius 3 is 2.78 bits per heavy atom. The van der Waals surface area contributed by atoms with Crippen LogP contribution in [0.2, 0.25) is 0 Å². The van der Waals surface area contributed by atoms with Crippen LogP contribution in [0.15, 0.2) is 47.8 Å². The molecule has 3 rings (SSSR count). The normalized spacial score (nSPS) is 10.9. The minimum absolute atomic E-state index is 0.764. The molecule has 0 radical (unpaired) electrons. The number of nitrogens with zero attached hydrogens (tertiary/aromatic N) is 2. The van der Waals surface area contributed by atoms with Crippen LogP contribution in [0, 0.1) is 0 Å². The van der Waals surface area contributed by atoms with Gasteiger partial charge in [-0.2, -0.15) is 0 Å². The van der Waals surface area contributed by atoms with Gasteiger partial charge in [0.05, 0.1) is 5.69 Å². The van der Waals surface area contributed by atoms with Crippen molar-refractivity contribution in [1.29, 1.82) is 0 Å². The summed E-state index contributed by atoms with van der Waals surface area (Å²) in [5.74, 6) is 0. The van der Waals surface area contributed by atoms with Crippen molar-refractivity contribution in [3.8, 4) is 0 Å². The Morgan fingerprint density at radius 1 is 1.00 bits per heavy atom. The van der Waals surface area contributed by atoms with Gasteiger partial charge in [-0.15, -0.1) is 5.10 Å². The molecule has 90 valence electrons. The molecule has 0 aliphatic heterocycles. The fourth-order valence-electron chi connectivity index (χ4n) is 2.03. The molecule has 0 spiro atoms. The summed E-state index contributed by atoms with van der Waals surface area (Å²) in [5, 5.41) is 12.0. The van der Waals surface area contributed by atoms with Gasteiger partial charge in [-0.1, -0.05) is 47.0 Å². The van der Waals surface area contributed by atoms with Gasteiger partial charge >= 0.3 is 0 Å². The predicted molar refractivity (Wildman–Crippen MR) is 74.4 cm³/mol. The van der Waals surface area contributed by atoms with Gasteiger partial charge in [-0.05, 0) is 27.9 Å². The zero-order valence-corrected chi connectivity index (χ0v) is 10.7. The molecule has 0 saturated carbocycles. The highest BCUT2D eigenvalue weighted by molar-refractivity contribution is 7.03. The molecule has 0 bridgehead atoms. The van der Waals surface area contributed by atoms with Crippen molar-refractivity contribution in [2.45, 2.75) is 13.1 Å². The first-order chi connectivity index (χ1) is 8.93. The molecule has 4 heteroatoms. The number of fused-ring (bicyclic) bond motifs is 1. The molecule has 0 aliphatic carbocycles. The summed E-state index contributed by atoms with van der Waals surface area (Å²) in [4.78, 5) is 0. The Hall–Kier alpha value is -1.78. The highest BCUT2D eigenvalue weighted by atomic mass is 32.1. The molecule has 0 amide bonds. The number of hydrogen-bond donors (Lipinski definition) is 1. The lowest BCUT2D eigenvalue weighted by atomic mass is 10.0. The second-order valence-electron chi connectivity index (χ2n) is 4.14. The van der Waals surface area contributed by atoms with E-state index < -0.39 is 0 Å². The molecule has 0 fully saturated rings. The number of nitrogens with one attached hydrogen (secondary N) is 1. The number of hydrogen-bond acceptors (Lipinski definition) is 4. The van der Waals surface area contributed by atoms with Crippen LogP contribution in [0.4, 0.5) is 0 Å². The SMILES string of the molecule is c1ccc2c(CNCc3csnn3)cccc2c1. The molecule has 1 heterocycles. The Balaban J connectivity index is 1.74. The van der Waals surface area contributed by atoms with Crippen molar-refractivity contribution in [2.75, 3.05) is 0 Å².